The predicted molar refractivity (Wildman–Crippen MR) is 63.4 cm³/mol. The highest BCUT2D eigenvalue weighted by atomic mass is 28.4. The van der Waals surface area contributed by atoms with Gasteiger partial charge in [0.05, 0.1) is 0 Å². The monoisotopic (exact) mass is 239 g/mol. The summed E-state index contributed by atoms with van der Waals surface area (Å²) in [4.78, 5) is 0. The minimum absolute atomic E-state index is 0.597. The van der Waals surface area contributed by atoms with E-state index in [2.05, 4.69) is 0 Å². The van der Waals surface area contributed by atoms with Crippen LogP contribution in [0.4, 0.5) is 0 Å². The summed E-state index contributed by atoms with van der Waals surface area (Å²) in [6.07, 6.45) is 0.877. The maximum absolute atomic E-state index is 5.36. The fraction of sp³-hybridized carbons (Fsp3) is 1.00. The van der Waals surface area contributed by atoms with Crippen molar-refractivity contribution in [3.05, 3.63) is 0 Å². The zero-order chi connectivity index (χ0) is 12.2. The van der Waals surface area contributed by atoms with Crippen LogP contribution in [-0.4, -0.2) is 49.8 Å². The van der Waals surface area contributed by atoms with E-state index in [1.54, 1.807) is 21.3 Å². The zero-order valence-electron chi connectivity index (χ0n) is 9.99. The number of rotatable bonds is 7. The van der Waals surface area contributed by atoms with E-state index in [1.165, 1.54) is 0 Å². The lowest BCUT2D eigenvalue weighted by atomic mass is 10.5. The number of hydrogen-bond donors (Lipinski definition) is 3. The first-order valence-corrected chi connectivity index (χ1v) is 6.85. The Balaban J connectivity index is 0. The number of hydrogen-bond acceptors (Lipinski definition) is 6. The van der Waals surface area contributed by atoms with Gasteiger partial charge in [0.2, 0.25) is 0 Å². The van der Waals surface area contributed by atoms with Crippen molar-refractivity contribution in [2.45, 2.75) is 12.5 Å². The second-order valence-electron chi connectivity index (χ2n) is 2.76. The molecule has 6 nitrogen and oxygen atoms in total. The van der Waals surface area contributed by atoms with Crippen molar-refractivity contribution in [1.29, 1.82) is 0 Å². The summed E-state index contributed by atoms with van der Waals surface area (Å²) in [7, 11) is 2.50. The highest BCUT2D eigenvalue weighted by Gasteiger charge is 2.36. The normalized spacial score (nSPS) is 10.8. The first-order valence-electron chi connectivity index (χ1n) is 4.92. The Morgan fingerprint density at radius 3 is 1.40 bits per heavy atom. The fourth-order valence-corrected chi connectivity index (χ4v) is 2.62. The van der Waals surface area contributed by atoms with Gasteiger partial charge in [0.15, 0.2) is 0 Å². The van der Waals surface area contributed by atoms with Gasteiger partial charge in [-0.3, -0.25) is 0 Å². The van der Waals surface area contributed by atoms with Gasteiger partial charge in [0, 0.05) is 40.5 Å². The molecule has 0 atom stereocenters. The maximum atomic E-state index is 5.36. The third-order valence-electron chi connectivity index (χ3n) is 1.79. The molecule has 0 radical (unpaired) electrons. The quantitative estimate of drug-likeness (QED) is 0.498. The van der Waals surface area contributed by atoms with Crippen LogP contribution in [0.5, 0.6) is 0 Å². The van der Waals surface area contributed by atoms with E-state index in [1.807, 2.05) is 0 Å². The summed E-state index contributed by atoms with van der Waals surface area (Å²) in [5.74, 6) is 0. The smallest absolute Gasteiger partial charge is 0.377 e. The Kier molecular flexibility index (Phi) is 14.0. The van der Waals surface area contributed by atoms with Gasteiger partial charge < -0.3 is 30.5 Å². The molecule has 0 spiro atoms. The van der Waals surface area contributed by atoms with Crippen molar-refractivity contribution in [3.63, 3.8) is 0 Å². The van der Waals surface area contributed by atoms with E-state index in [-0.39, 0.29) is 0 Å². The van der Waals surface area contributed by atoms with Gasteiger partial charge in [0.1, 0.15) is 0 Å². The molecule has 0 rings (SSSR count). The number of nitrogens with two attached hydrogens (primary N) is 3. The summed E-state index contributed by atoms with van der Waals surface area (Å²) in [5.41, 5.74) is 15.2. The molecule has 0 aromatic carbocycles. The van der Waals surface area contributed by atoms with E-state index >= 15 is 0 Å². The van der Waals surface area contributed by atoms with Crippen LogP contribution in [0.15, 0.2) is 0 Å². The molecule has 0 heterocycles. The minimum Gasteiger partial charge on any atom is -0.377 e. The summed E-state index contributed by atoms with van der Waals surface area (Å²) in [6, 6.07) is 0.785. The molecule has 0 saturated carbocycles. The van der Waals surface area contributed by atoms with Gasteiger partial charge in [-0.2, -0.15) is 0 Å². The molecule has 0 fully saturated rings. The van der Waals surface area contributed by atoms with Crippen molar-refractivity contribution in [2.24, 2.45) is 17.2 Å². The molecule has 15 heavy (non-hydrogen) atoms. The molecule has 7 heteroatoms. The van der Waals surface area contributed by atoms with Crippen LogP contribution in [-0.2, 0) is 13.3 Å². The Morgan fingerprint density at radius 1 is 0.800 bits per heavy atom. The summed E-state index contributed by atoms with van der Waals surface area (Å²) in [5, 5.41) is 0. The van der Waals surface area contributed by atoms with Gasteiger partial charge in [-0.25, -0.2) is 0 Å². The zero-order valence-corrected chi connectivity index (χ0v) is 11.0. The average Bonchev–Trinajstić information content (AvgIpc) is 2.32. The van der Waals surface area contributed by atoms with Gasteiger partial charge in [-0.15, -0.1) is 0 Å². The lowest BCUT2D eigenvalue weighted by molar-refractivity contribution is 0.123. The molecular weight excluding hydrogens is 214 g/mol. The first kappa shape index (κ1) is 17.4. The van der Waals surface area contributed by atoms with E-state index in [0.29, 0.717) is 19.6 Å². The molecule has 0 amide bonds. The summed E-state index contributed by atoms with van der Waals surface area (Å²) in [6.45, 7) is 1.84. The Hall–Kier alpha value is -0.0231. The second-order valence-corrected chi connectivity index (χ2v) is 5.86. The average molecular weight is 239 g/mol. The highest BCUT2D eigenvalue weighted by Crippen LogP contribution is 2.13. The van der Waals surface area contributed by atoms with E-state index in [4.69, 9.17) is 30.5 Å². The van der Waals surface area contributed by atoms with Crippen molar-refractivity contribution in [1.82, 2.24) is 0 Å². The van der Waals surface area contributed by atoms with Crippen molar-refractivity contribution < 1.29 is 13.3 Å². The molecular formula is C8H25N3O3Si. The molecule has 94 valence electrons. The van der Waals surface area contributed by atoms with Gasteiger partial charge in [0.25, 0.3) is 0 Å². The van der Waals surface area contributed by atoms with Gasteiger partial charge in [-0.05, 0) is 13.0 Å². The summed E-state index contributed by atoms with van der Waals surface area (Å²) >= 11 is 0. The Morgan fingerprint density at radius 2 is 1.20 bits per heavy atom. The van der Waals surface area contributed by atoms with E-state index < -0.39 is 8.80 Å². The lowest BCUT2D eigenvalue weighted by Gasteiger charge is -2.23. The molecule has 0 bridgehead atoms. The van der Waals surface area contributed by atoms with Crippen LogP contribution >= 0.6 is 0 Å². The second kappa shape index (κ2) is 12.0. The fourth-order valence-electron chi connectivity index (χ4n) is 0.875. The highest BCUT2D eigenvalue weighted by molar-refractivity contribution is 6.60. The molecule has 0 saturated heterocycles. The molecule has 0 unspecified atom stereocenters. The van der Waals surface area contributed by atoms with Crippen LogP contribution in [0.3, 0.4) is 0 Å². The molecule has 0 aliphatic heterocycles. The molecule has 0 aliphatic rings. The minimum atomic E-state index is -2.32. The van der Waals surface area contributed by atoms with Crippen LogP contribution in [0.25, 0.3) is 0 Å². The molecule has 0 aromatic heterocycles. The van der Waals surface area contributed by atoms with E-state index in [0.717, 1.165) is 12.5 Å². The van der Waals surface area contributed by atoms with Crippen LogP contribution in [0.1, 0.15) is 6.42 Å². The molecule has 0 aromatic rings. The van der Waals surface area contributed by atoms with Crippen molar-refractivity contribution in [3.8, 4) is 0 Å². The SMILES string of the molecule is CO[Si](CCCN)(OC)OC.NCCN. The standard InChI is InChI=1S/C6H17NO3Si.C2H8N2/c1-8-11(9-2,10-3)6-4-5-7;3-1-2-4/h4-7H2,1-3H3;1-4H2. The predicted octanol–water partition coefficient (Wildman–Crippen LogP) is -0.883. The Labute approximate surface area is 93.4 Å². The van der Waals surface area contributed by atoms with Crippen molar-refractivity contribution >= 4 is 8.80 Å². The van der Waals surface area contributed by atoms with Crippen molar-refractivity contribution in [2.75, 3.05) is 41.0 Å². The molecule has 0 aliphatic carbocycles. The van der Waals surface area contributed by atoms with Crippen LogP contribution in [0, 0.1) is 0 Å². The molecule has 6 N–H and O–H groups in total. The van der Waals surface area contributed by atoms with Crippen LogP contribution < -0.4 is 17.2 Å². The Bertz CT molecular complexity index is 115. The third-order valence-corrected chi connectivity index (χ3v) is 4.62. The maximum Gasteiger partial charge on any atom is 0.500 e. The van der Waals surface area contributed by atoms with Gasteiger partial charge in [-0.1, -0.05) is 0 Å². The van der Waals surface area contributed by atoms with Crippen LogP contribution in [0.2, 0.25) is 6.04 Å². The first-order chi connectivity index (χ1) is 7.16. The largest absolute Gasteiger partial charge is 0.500 e. The summed E-state index contributed by atoms with van der Waals surface area (Å²) < 4.78 is 15.5. The topological polar surface area (TPSA) is 106 Å². The lowest BCUT2D eigenvalue weighted by Crippen LogP contribution is -2.42. The third kappa shape index (κ3) is 8.94. The van der Waals surface area contributed by atoms with Gasteiger partial charge >= 0.3 is 8.80 Å². The van der Waals surface area contributed by atoms with E-state index in [9.17, 15) is 0 Å².